The molecule has 2 aromatic rings. The standard InChI is InChI=1S/C30H48O2Si2/c1-10-26(23-25-31-33(8,9)29(2,3)4)18-17-24-32-34(30(5,6)7,27-19-13-11-14-20-27)28-21-15-12-16-22-28/h11-16,19-23,25-26H,10,17-18,24H2,1-9H3/b25-23+. The van der Waals surface area contributed by atoms with Crippen LogP contribution >= 0.6 is 0 Å². The molecule has 0 bridgehead atoms. The lowest BCUT2D eigenvalue weighted by Crippen LogP contribution is -2.66. The van der Waals surface area contributed by atoms with Crippen LogP contribution in [0.2, 0.25) is 23.2 Å². The molecule has 0 saturated carbocycles. The van der Waals surface area contributed by atoms with E-state index in [2.05, 4.69) is 128 Å². The van der Waals surface area contributed by atoms with E-state index in [4.69, 9.17) is 8.85 Å². The number of hydrogen-bond acceptors (Lipinski definition) is 2. The van der Waals surface area contributed by atoms with E-state index < -0.39 is 16.6 Å². The molecular weight excluding hydrogens is 449 g/mol. The average Bonchev–Trinajstić information content (AvgIpc) is 2.77. The van der Waals surface area contributed by atoms with Crippen LogP contribution in [0.15, 0.2) is 73.0 Å². The van der Waals surface area contributed by atoms with E-state index in [-0.39, 0.29) is 10.1 Å². The number of rotatable bonds is 11. The molecule has 0 amide bonds. The minimum Gasteiger partial charge on any atom is -0.549 e. The molecule has 0 saturated heterocycles. The van der Waals surface area contributed by atoms with Gasteiger partial charge in [-0.3, -0.25) is 0 Å². The van der Waals surface area contributed by atoms with Crippen molar-refractivity contribution < 1.29 is 8.85 Å². The fourth-order valence-corrected chi connectivity index (χ4v) is 9.64. The Kier molecular flexibility index (Phi) is 9.99. The summed E-state index contributed by atoms with van der Waals surface area (Å²) in [7, 11) is -4.19. The molecule has 0 N–H and O–H groups in total. The summed E-state index contributed by atoms with van der Waals surface area (Å²) in [5.41, 5.74) is 0. The lowest BCUT2D eigenvalue weighted by atomic mass is 10.0. The SMILES string of the molecule is CCC(/C=C/O[Si](C)(C)C(C)(C)C)CCCO[Si](c1ccccc1)(c1ccccc1)C(C)(C)C. The van der Waals surface area contributed by atoms with Crippen molar-refractivity contribution in [3.05, 3.63) is 73.0 Å². The molecule has 1 atom stereocenters. The summed E-state index contributed by atoms with van der Waals surface area (Å²) < 4.78 is 13.3. The van der Waals surface area contributed by atoms with Crippen molar-refractivity contribution >= 4 is 27.0 Å². The van der Waals surface area contributed by atoms with Crippen molar-refractivity contribution in [1.29, 1.82) is 0 Å². The monoisotopic (exact) mass is 496 g/mol. The minimum atomic E-state index is -2.44. The molecule has 0 aliphatic rings. The zero-order valence-corrected chi connectivity index (χ0v) is 25.2. The van der Waals surface area contributed by atoms with Crippen molar-refractivity contribution in [2.75, 3.05) is 6.61 Å². The third kappa shape index (κ3) is 6.96. The van der Waals surface area contributed by atoms with E-state index in [1.54, 1.807) is 0 Å². The van der Waals surface area contributed by atoms with Gasteiger partial charge in [-0.2, -0.15) is 0 Å². The van der Waals surface area contributed by atoms with Crippen LogP contribution in [0, 0.1) is 5.92 Å². The van der Waals surface area contributed by atoms with Gasteiger partial charge in [0, 0.05) is 6.61 Å². The van der Waals surface area contributed by atoms with Crippen LogP contribution < -0.4 is 10.4 Å². The molecule has 0 aliphatic carbocycles. The second-order valence-corrected chi connectivity index (χ2v) is 21.1. The molecular formula is C30H48O2Si2. The van der Waals surface area contributed by atoms with Gasteiger partial charge in [-0.25, -0.2) is 0 Å². The molecule has 2 aromatic carbocycles. The van der Waals surface area contributed by atoms with Crippen molar-refractivity contribution in [3.63, 3.8) is 0 Å². The van der Waals surface area contributed by atoms with Crippen LogP contribution in [0.1, 0.15) is 67.7 Å². The number of allylic oxidation sites excluding steroid dienone is 1. The van der Waals surface area contributed by atoms with Crippen LogP contribution in [0.25, 0.3) is 0 Å². The average molecular weight is 497 g/mol. The Hall–Kier alpha value is -1.63. The third-order valence-electron chi connectivity index (χ3n) is 7.50. The van der Waals surface area contributed by atoms with E-state index >= 15 is 0 Å². The van der Waals surface area contributed by atoms with E-state index in [0.29, 0.717) is 5.92 Å². The molecule has 4 heteroatoms. The van der Waals surface area contributed by atoms with E-state index in [0.717, 1.165) is 25.9 Å². The molecule has 0 aromatic heterocycles. The topological polar surface area (TPSA) is 18.5 Å². The maximum absolute atomic E-state index is 7.06. The van der Waals surface area contributed by atoms with Gasteiger partial charge >= 0.3 is 0 Å². The second-order valence-electron chi connectivity index (χ2n) is 12.0. The normalized spacial score (nSPS) is 14.4. The fourth-order valence-electron chi connectivity index (χ4n) is 4.27. The highest BCUT2D eigenvalue weighted by Crippen LogP contribution is 2.38. The Morgan fingerprint density at radius 3 is 1.71 bits per heavy atom. The van der Waals surface area contributed by atoms with Crippen molar-refractivity contribution in [2.45, 2.75) is 90.9 Å². The zero-order valence-electron chi connectivity index (χ0n) is 23.2. The quantitative estimate of drug-likeness (QED) is 0.179. The predicted octanol–water partition coefficient (Wildman–Crippen LogP) is 7.90. The highest BCUT2D eigenvalue weighted by Gasteiger charge is 2.49. The fraction of sp³-hybridized carbons (Fsp3) is 0.533. The smallest absolute Gasteiger partial charge is 0.261 e. The minimum absolute atomic E-state index is 0.0246. The molecule has 1 unspecified atom stereocenters. The van der Waals surface area contributed by atoms with Crippen molar-refractivity contribution in [1.82, 2.24) is 0 Å². The van der Waals surface area contributed by atoms with Gasteiger partial charge in [0.15, 0.2) is 0 Å². The maximum atomic E-state index is 7.06. The van der Waals surface area contributed by atoms with Gasteiger partial charge in [-0.1, -0.05) is 109 Å². The first-order valence-electron chi connectivity index (χ1n) is 12.9. The van der Waals surface area contributed by atoms with Crippen LogP contribution in [-0.2, 0) is 8.85 Å². The number of benzene rings is 2. The first-order chi connectivity index (χ1) is 15.8. The first-order valence-corrected chi connectivity index (χ1v) is 17.8. The summed E-state index contributed by atoms with van der Waals surface area (Å²) in [5.74, 6) is 0.521. The van der Waals surface area contributed by atoms with Crippen molar-refractivity contribution in [2.24, 2.45) is 5.92 Å². The van der Waals surface area contributed by atoms with Gasteiger partial charge in [-0.15, -0.1) is 0 Å². The van der Waals surface area contributed by atoms with Crippen LogP contribution in [0.3, 0.4) is 0 Å². The van der Waals surface area contributed by atoms with Gasteiger partial charge in [0.05, 0.1) is 6.26 Å². The number of hydrogen-bond donors (Lipinski definition) is 0. The highest BCUT2D eigenvalue weighted by atomic mass is 28.4. The Balaban J connectivity index is 2.14. The molecule has 188 valence electrons. The summed E-state index contributed by atoms with van der Waals surface area (Å²) >= 11 is 0. The summed E-state index contributed by atoms with van der Waals surface area (Å²) in [5, 5.41) is 2.95. The lowest BCUT2D eigenvalue weighted by Gasteiger charge is -2.43. The molecule has 2 nitrogen and oxygen atoms in total. The Morgan fingerprint density at radius 2 is 1.29 bits per heavy atom. The Labute approximate surface area is 212 Å². The summed E-state index contributed by atoms with van der Waals surface area (Å²) in [6.07, 6.45) is 7.56. The second kappa shape index (κ2) is 11.9. The van der Waals surface area contributed by atoms with Crippen LogP contribution in [0.5, 0.6) is 0 Å². The zero-order chi connectivity index (χ0) is 25.5. The van der Waals surface area contributed by atoms with Crippen LogP contribution in [0.4, 0.5) is 0 Å². The molecule has 2 rings (SSSR count). The summed E-state index contributed by atoms with van der Waals surface area (Å²) in [6.45, 7) is 21.5. The van der Waals surface area contributed by atoms with Gasteiger partial charge in [0.1, 0.15) is 0 Å². The molecule has 0 fully saturated rings. The lowest BCUT2D eigenvalue weighted by molar-refractivity contribution is 0.280. The molecule has 0 radical (unpaired) electrons. The Morgan fingerprint density at radius 1 is 0.794 bits per heavy atom. The first kappa shape index (κ1) is 28.6. The van der Waals surface area contributed by atoms with E-state index in [9.17, 15) is 0 Å². The molecule has 0 heterocycles. The van der Waals surface area contributed by atoms with E-state index in [1.807, 2.05) is 6.26 Å². The van der Waals surface area contributed by atoms with Crippen molar-refractivity contribution in [3.8, 4) is 0 Å². The predicted molar refractivity (Wildman–Crippen MR) is 154 cm³/mol. The maximum Gasteiger partial charge on any atom is 0.261 e. The largest absolute Gasteiger partial charge is 0.549 e. The van der Waals surface area contributed by atoms with E-state index in [1.165, 1.54) is 10.4 Å². The third-order valence-corrected chi connectivity index (χ3v) is 16.9. The Bertz CT molecular complexity index is 838. The molecule has 0 aliphatic heterocycles. The highest BCUT2D eigenvalue weighted by molar-refractivity contribution is 6.99. The summed E-state index contributed by atoms with van der Waals surface area (Å²) in [6, 6.07) is 21.8. The van der Waals surface area contributed by atoms with Crippen LogP contribution in [-0.4, -0.2) is 23.2 Å². The van der Waals surface area contributed by atoms with Gasteiger partial charge in [0.25, 0.3) is 8.32 Å². The van der Waals surface area contributed by atoms with Gasteiger partial charge in [-0.05, 0) is 64.8 Å². The molecule has 0 spiro atoms. The van der Waals surface area contributed by atoms with Gasteiger partial charge < -0.3 is 8.85 Å². The summed E-state index contributed by atoms with van der Waals surface area (Å²) in [4.78, 5) is 0. The van der Waals surface area contributed by atoms with Gasteiger partial charge in [0.2, 0.25) is 8.32 Å². The molecule has 34 heavy (non-hydrogen) atoms.